The van der Waals surface area contributed by atoms with E-state index in [0.29, 0.717) is 12.3 Å². The van der Waals surface area contributed by atoms with Crippen LogP contribution in [0, 0.1) is 5.82 Å². The SMILES string of the molecule is CN1CCN(c2nnc(SCC(=O)NCc3ccc(F)cc3)s2)CC1. The third-order valence-electron chi connectivity index (χ3n) is 3.90. The van der Waals surface area contributed by atoms with Crippen LogP contribution in [-0.4, -0.2) is 60.0 Å². The first-order valence-electron chi connectivity index (χ1n) is 8.01. The fourth-order valence-corrected chi connectivity index (χ4v) is 4.09. The van der Waals surface area contributed by atoms with Gasteiger partial charge in [0.05, 0.1) is 5.75 Å². The number of amides is 1. The van der Waals surface area contributed by atoms with E-state index in [1.807, 2.05) is 0 Å². The first-order chi connectivity index (χ1) is 12.1. The number of benzene rings is 1. The average Bonchev–Trinajstić information content (AvgIpc) is 3.09. The number of rotatable bonds is 6. The van der Waals surface area contributed by atoms with Gasteiger partial charge in [0.15, 0.2) is 4.34 Å². The van der Waals surface area contributed by atoms with E-state index < -0.39 is 0 Å². The molecule has 1 saturated heterocycles. The lowest BCUT2D eigenvalue weighted by Crippen LogP contribution is -2.44. The molecule has 1 amide bonds. The largest absolute Gasteiger partial charge is 0.351 e. The number of thioether (sulfide) groups is 1. The lowest BCUT2D eigenvalue weighted by molar-refractivity contribution is -0.118. The molecule has 0 bridgehead atoms. The van der Waals surface area contributed by atoms with Crippen molar-refractivity contribution in [1.29, 1.82) is 0 Å². The van der Waals surface area contributed by atoms with Gasteiger partial charge in [-0.2, -0.15) is 0 Å². The first-order valence-corrected chi connectivity index (χ1v) is 9.81. The van der Waals surface area contributed by atoms with E-state index in [1.165, 1.54) is 35.2 Å². The van der Waals surface area contributed by atoms with Gasteiger partial charge in [0.2, 0.25) is 11.0 Å². The number of anilines is 1. The van der Waals surface area contributed by atoms with Gasteiger partial charge >= 0.3 is 0 Å². The molecule has 25 heavy (non-hydrogen) atoms. The number of piperazine rings is 1. The van der Waals surface area contributed by atoms with Crippen LogP contribution in [0.1, 0.15) is 5.56 Å². The summed E-state index contributed by atoms with van der Waals surface area (Å²) >= 11 is 2.91. The molecule has 1 aliphatic rings. The van der Waals surface area contributed by atoms with E-state index in [1.54, 1.807) is 12.1 Å². The molecule has 2 aromatic rings. The fourth-order valence-electron chi connectivity index (χ4n) is 2.37. The number of nitrogens with one attached hydrogen (secondary N) is 1. The normalized spacial score (nSPS) is 15.4. The van der Waals surface area contributed by atoms with Gasteiger partial charge in [-0.25, -0.2) is 4.39 Å². The Hall–Kier alpha value is -1.71. The molecule has 0 atom stereocenters. The molecule has 0 spiro atoms. The van der Waals surface area contributed by atoms with Crippen molar-refractivity contribution >= 4 is 34.1 Å². The van der Waals surface area contributed by atoms with Crippen LogP contribution < -0.4 is 10.2 Å². The molecule has 0 aliphatic carbocycles. The van der Waals surface area contributed by atoms with E-state index in [-0.39, 0.29) is 11.7 Å². The van der Waals surface area contributed by atoms with Gasteiger partial charge in [-0.3, -0.25) is 4.79 Å². The molecule has 0 radical (unpaired) electrons. The van der Waals surface area contributed by atoms with Crippen molar-refractivity contribution in [3.05, 3.63) is 35.6 Å². The van der Waals surface area contributed by atoms with Gasteiger partial charge in [-0.05, 0) is 24.7 Å². The highest BCUT2D eigenvalue weighted by Crippen LogP contribution is 2.28. The summed E-state index contributed by atoms with van der Waals surface area (Å²) in [5, 5.41) is 12.1. The molecule has 134 valence electrons. The van der Waals surface area contributed by atoms with Crippen LogP contribution in [0.2, 0.25) is 0 Å². The summed E-state index contributed by atoms with van der Waals surface area (Å²) < 4.78 is 13.6. The predicted molar refractivity (Wildman–Crippen MR) is 98.6 cm³/mol. The van der Waals surface area contributed by atoms with E-state index in [0.717, 1.165) is 41.2 Å². The van der Waals surface area contributed by atoms with Crippen LogP contribution in [0.4, 0.5) is 9.52 Å². The number of halogens is 1. The smallest absolute Gasteiger partial charge is 0.230 e. The number of carbonyl (C=O) groups excluding carboxylic acids is 1. The number of carbonyl (C=O) groups is 1. The van der Waals surface area contributed by atoms with Crippen molar-refractivity contribution in [2.24, 2.45) is 0 Å². The summed E-state index contributed by atoms with van der Waals surface area (Å²) in [6.07, 6.45) is 0. The van der Waals surface area contributed by atoms with Gasteiger partial charge in [-0.1, -0.05) is 35.2 Å². The van der Waals surface area contributed by atoms with E-state index in [9.17, 15) is 9.18 Å². The minimum atomic E-state index is -0.280. The van der Waals surface area contributed by atoms with Gasteiger partial charge in [0.25, 0.3) is 0 Å². The van der Waals surface area contributed by atoms with Crippen molar-refractivity contribution in [3.63, 3.8) is 0 Å². The third kappa shape index (κ3) is 5.38. The molecule has 9 heteroatoms. The Kier molecular flexibility index (Phi) is 6.22. The Morgan fingerprint density at radius 3 is 2.68 bits per heavy atom. The molecule has 0 unspecified atom stereocenters. The maximum atomic E-state index is 12.8. The predicted octanol–water partition coefficient (Wildman–Crippen LogP) is 1.84. The van der Waals surface area contributed by atoms with E-state index >= 15 is 0 Å². The molecule has 1 fully saturated rings. The summed E-state index contributed by atoms with van der Waals surface area (Å²) in [6, 6.07) is 6.10. The van der Waals surface area contributed by atoms with Crippen LogP contribution in [-0.2, 0) is 11.3 Å². The second kappa shape index (κ2) is 8.59. The monoisotopic (exact) mass is 381 g/mol. The second-order valence-corrected chi connectivity index (χ2v) is 8.01. The molecule has 1 aromatic heterocycles. The molecule has 2 heterocycles. The highest BCUT2D eigenvalue weighted by molar-refractivity contribution is 8.01. The Labute approximate surface area is 154 Å². The van der Waals surface area contributed by atoms with Gasteiger partial charge in [-0.15, -0.1) is 10.2 Å². The average molecular weight is 382 g/mol. The maximum absolute atomic E-state index is 12.8. The molecule has 0 saturated carbocycles. The van der Waals surface area contributed by atoms with Crippen molar-refractivity contribution in [1.82, 2.24) is 20.4 Å². The second-order valence-electron chi connectivity index (χ2n) is 5.83. The Balaban J connectivity index is 1.42. The zero-order valence-corrected chi connectivity index (χ0v) is 15.6. The van der Waals surface area contributed by atoms with Crippen LogP contribution in [0.5, 0.6) is 0 Å². The van der Waals surface area contributed by atoms with Gasteiger partial charge < -0.3 is 15.1 Å². The number of hydrogen-bond donors (Lipinski definition) is 1. The third-order valence-corrected chi connectivity index (χ3v) is 6.02. The standard InChI is InChI=1S/C16H20FN5OS2/c1-21-6-8-22(9-7-21)15-19-20-16(25-15)24-11-14(23)18-10-12-2-4-13(17)5-3-12/h2-5H,6-11H2,1H3,(H,18,23). The van der Waals surface area contributed by atoms with Crippen LogP contribution in [0.25, 0.3) is 0 Å². The van der Waals surface area contributed by atoms with Gasteiger partial charge in [0.1, 0.15) is 5.82 Å². The summed E-state index contributed by atoms with van der Waals surface area (Å²) in [4.78, 5) is 16.5. The Bertz CT molecular complexity index is 701. The quantitative estimate of drug-likeness (QED) is 0.771. The van der Waals surface area contributed by atoms with Crippen molar-refractivity contribution in [2.45, 2.75) is 10.9 Å². The highest BCUT2D eigenvalue weighted by atomic mass is 32.2. The molecule has 1 N–H and O–H groups in total. The molecule has 3 rings (SSSR count). The summed E-state index contributed by atoms with van der Waals surface area (Å²) in [5.41, 5.74) is 0.869. The number of likely N-dealkylation sites (N-methyl/N-ethyl adjacent to an activating group) is 1. The zero-order chi connectivity index (χ0) is 17.6. The Morgan fingerprint density at radius 1 is 1.24 bits per heavy atom. The number of nitrogens with zero attached hydrogens (tertiary/aromatic N) is 4. The van der Waals surface area contributed by atoms with Gasteiger partial charge in [0, 0.05) is 32.7 Å². The van der Waals surface area contributed by atoms with Crippen molar-refractivity contribution < 1.29 is 9.18 Å². The van der Waals surface area contributed by atoms with E-state index in [2.05, 4.69) is 32.4 Å². The topological polar surface area (TPSA) is 61.4 Å². The van der Waals surface area contributed by atoms with Crippen molar-refractivity contribution in [2.75, 3.05) is 43.9 Å². The molecule has 6 nitrogen and oxygen atoms in total. The lowest BCUT2D eigenvalue weighted by Gasteiger charge is -2.31. The first kappa shape index (κ1) is 18.1. The molecular weight excluding hydrogens is 361 g/mol. The molecule has 1 aromatic carbocycles. The lowest BCUT2D eigenvalue weighted by atomic mass is 10.2. The Morgan fingerprint density at radius 2 is 1.96 bits per heavy atom. The van der Waals surface area contributed by atoms with Crippen LogP contribution in [0.3, 0.4) is 0 Å². The minimum Gasteiger partial charge on any atom is -0.351 e. The fraction of sp³-hybridized carbons (Fsp3) is 0.438. The number of hydrogen-bond acceptors (Lipinski definition) is 7. The van der Waals surface area contributed by atoms with Crippen LogP contribution in [0.15, 0.2) is 28.6 Å². The summed E-state index contributed by atoms with van der Waals surface area (Å²) in [6.45, 7) is 4.34. The van der Waals surface area contributed by atoms with E-state index in [4.69, 9.17) is 0 Å². The summed E-state index contributed by atoms with van der Waals surface area (Å²) in [5.74, 6) is -0.0674. The molecular formula is C16H20FN5OS2. The van der Waals surface area contributed by atoms with Crippen LogP contribution >= 0.6 is 23.1 Å². The highest BCUT2D eigenvalue weighted by Gasteiger charge is 2.18. The summed E-state index contributed by atoms with van der Waals surface area (Å²) in [7, 11) is 2.11. The number of aromatic nitrogens is 2. The maximum Gasteiger partial charge on any atom is 0.230 e. The van der Waals surface area contributed by atoms with Crippen molar-refractivity contribution in [3.8, 4) is 0 Å². The zero-order valence-electron chi connectivity index (χ0n) is 13.9. The molecule has 1 aliphatic heterocycles. The minimum absolute atomic E-state index is 0.0781.